The van der Waals surface area contributed by atoms with Crippen molar-refractivity contribution in [3.05, 3.63) is 17.7 Å². The number of nitrogens with zero attached hydrogens (tertiary/aromatic N) is 1. The second kappa shape index (κ2) is 7.47. The number of likely N-dealkylation sites (N-methyl/N-ethyl adjacent to an activating group) is 1. The molecule has 1 heterocycles. The number of aryl methyl sites for hydroxylation is 1. The molecule has 27 heavy (non-hydrogen) atoms. The van der Waals surface area contributed by atoms with Crippen molar-refractivity contribution in [2.24, 2.45) is 0 Å². The summed E-state index contributed by atoms with van der Waals surface area (Å²) in [6, 6.07) is 2.94. The van der Waals surface area contributed by atoms with E-state index in [0.29, 0.717) is 11.3 Å². The van der Waals surface area contributed by atoms with Crippen molar-refractivity contribution in [1.29, 1.82) is 0 Å². The molecular formula is C18H27N3O5S. The van der Waals surface area contributed by atoms with E-state index in [-0.39, 0.29) is 29.0 Å². The molecule has 1 aromatic rings. The predicted molar refractivity (Wildman–Crippen MR) is 102 cm³/mol. The Labute approximate surface area is 160 Å². The Bertz CT molecular complexity index is 864. The fraction of sp³-hybridized carbons (Fsp3) is 0.556. The smallest absolute Gasteiger partial charge is 0.265 e. The van der Waals surface area contributed by atoms with Gasteiger partial charge in [0, 0.05) is 18.7 Å². The van der Waals surface area contributed by atoms with E-state index in [4.69, 9.17) is 4.74 Å². The number of anilines is 1. The first-order valence-electron chi connectivity index (χ1n) is 8.77. The highest BCUT2D eigenvalue weighted by Crippen LogP contribution is 2.35. The lowest BCUT2D eigenvalue weighted by Crippen LogP contribution is -2.47. The number of ether oxygens (including phenoxy) is 1. The third-order valence-electron chi connectivity index (χ3n) is 4.62. The summed E-state index contributed by atoms with van der Waals surface area (Å²) in [5.41, 5.74) is 0.471. The van der Waals surface area contributed by atoms with Gasteiger partial charge in [-0.1, -0.05) is 6.92 Å². The summed E-state index contributed by atoms with van der Waals surface area (Å²) in [6.45, 7) is 8.61. The van der Waals surface area contributed by atoms with Crippen molar-refractivity contribution in [3.8, 4) is 5.75 Å². The fourth-order valence-corrected chi connectivity index (χ4v) is 3.93. The van der Waals surface area contributed by atoms with Crippen molar-refractivity contribution in [2.75, 3.05) is 18.9 Å². The van der Waals surface area contributed by atoms with Crippen LogP contribution in [0.15, 0.2) is 17.0 Å². The quantitative estimate of drug-likeness (QED) is 0.759. The molecule has 0 saturated heterocycles. The highest BCUT2D eigenvalue weighted by atomic mass is 32.2. The summed E-state index contributed by atoms with van der Waals surface area (Å²) in [5.74, 6) is -0.373. The Balaban J connectivity index is 2.27. The molecule has 1 aliphatic heterocycles. The van der Waals surface area contributed by atoms with Crippen LogP contribution in [0, 0.1) is 6.92 Å². The second-order valence-corrected chi connectivity index (χ2v) is 9.42. The fourth-order valence-electron chi connectivity index (χ4n) is 2.58. The van der Waals surface area contributed by atoms with E-state index in [0.717, 1.165) is 10.7 Å². The molecule has 8 nitrogen and oxygen atoms in total. The van der Waals surface area contributed by atoms with Gasteiger partial charge in [-0.15, -0.1) is 0 Å². The van der Waals surface area contributed by atoms with Gasteiger partial charge in [0.15, 0.2) is 6.10 Å². The molecule has 0 fully saturated rings. The molecule has 0 saturated carbocycles. The molecule has 0 bridgehead atoms. The number of carbonyl (C=O) groups excluding carboxylic acids is 2. The SMILES string of the molecule is CCC(C)(C)NC(=O)CN(C)S(=O)(=O)c1cc2c(cc1C)NC(=O)[C@H](C)O2. The van der Waals surface area contributed by atoms with Crippen LogP contribution >= 0.6 is 0 Å². The predicted octanol–water partition coefficient (Wildman–Crippen LogP) is 1.64. The Morgan fingerprint density at radius 2 is 2.00 bits per heavy atom. The van der Waals surface area contributed by atoms with E-state index in [1.54, 1.807) is 19.9 Å². The molecule has 9 heteroatoms. The van der Waals surface area contributed by atoms with Gasteiger partial charge in [-0.2, -0.15) is 4.31 Å². The van der Waals surface area contributed by atoms with Crippen molar-refractivity contribution in [1.82, 2.24) is 9.62 Å². The Morgan fingerprint density at radius 1 is 1.37 bits per heavy atom. The number of hydrogen-bond donors (Lipinski definition) is 2. The maximum atomic E-state index is 13.0. The lowest BCUT2D eigenvalue weighted by Gasteiger charge is -2.27. The number of sulfonamides is 1. The zero-order chi connectivity index (χ0) is 20.6. The first-order chi connectivity index (χ1) is 12.4. The van der Waals surface area contributed by atoms with E-state index in [2.05, 4.69) is 10.6 Å². The third-order valence-corrected chi connectivity index (χ3v) is 6.57. The van der Waals surface area contributed by atoms with E-state index in [9.17, 15) is 18.0 Å². The lowest BCUT2D eigenvalue weighted by molar-refractivity contribution is -0.123. The van der Waals surface area contributed by atoms with Crippen molar-refractivity contribution in [2.45, 2.75) is 57.6 Å². The van der Waals surface area contributed by atoms with Gasteiger partial charge in [0.25, 0.3) is 5.91 Å². The van der Waals surface area contributed by atoms with Crippen molar-refractivity contribution >= 4 is 27.5 Å². The maximum Gasteiger partial charge on any atom is 0.265 e. The molecule has 1 aromatic carbocycles. The highest BCUT2D eigenvalue weighted by molar-refractivity contribution is 7.89. The number of fused-ring (bicyclic) bond motifs is 1. The average molecular weight is 397 g/mol. The maximum absolute atomic E-state index is 13.0. The summed E-state index contributed by atoms with van der Waals surface area (Å²) in [4.78, 5) is 24.0. The number of amides is 2. The Kier molecular flexibility index (Phi) is 5.86. The summed E-state index contributed by atoms with van der Waals surface area (Å²) in [6.07, 6.45) is 0.0101. The molecule has 2 N–H and O–H groups in total. The minimum atomic E-state index is -3.91. The monoisotopic (exact) mass is 397 g/mol. The molecule has 150 valence electrons. The van der Waals surface area contributed by atoms with Crippen LogP contribution in [-0.2, 0) is 19.6 Å². The minimum absolute atomic E-state index is 0.0367. The van der Waals surface area contributed by atoms with Gasteiger partial charge in [-0.05, 0) is 45.7 Å². The largest absolute Gasteiger partial charge is 0.479 e. The summed E-state index contributed by atoms with van der Waals surface area (Å²) in [5, 5.41) is 5.50. The van der Waals surface area contributed by atoms with Crippen molar-refractivity contribution in [3.63, 3.8) is 0 Å². The van der Waals surface area contributed by atoms with Gasteiger partial charge in [0.1, 0.15) is 5.75 Å². The first-order valence-corrected chi connectivity index (χ1v) is 10.2. The van der Waals surface area contributed by atoms with Gasteiger partial charge in [-0.3, -0.25) is 9.59 Å². The van der Waals surface area contributed by atoms with Crippen LogP contribution in [0.2, 0.25) is 0 Å². The minimum Gasteiger partial charge on any atom is -0.479 e. The van der Waals surface area contributed by atoms with Crippen LogP contribution in [-0.4, -0.2) is 49.8 Å². The topological polar surface area (TPSA) is 105 Å². The molecule has 0 radical (unpaired) electrons. The van der Waals surface area contributed by atoms with E-state index in [1.165, 1.54) is 13.1 Å². The summed E-state index contributed by atoms with van der Waals surface area (Å²) < 4.78 is 32.4. The number of hydrogen-bond acceptors (Lipinski definition) is 5. The third kappa shape index (κ3) is 4.59. The molecule has 0 aromatic heterocycles. The first kappa shape index (κ1) is 21.2. The van der Waals surface area contributed by atoms with E-state index >= 15 is 0 Å². The zero-order valence-corrected chi connectivity index (χ0v) is 17.4. The van der Waals surface area contributed by atoms with E-state index in [1.807, 2.05) is 20.8 Å². The molecule has 2 amide bonds. The van der Waals surface area contributed by atoms with Crippen LogP contribution in [0.3, 0.4) is 0 Å². The van der Waals surface area contributed by atoms with Gasteiger partial charge in [0.05, 0.1) is 17.1 Å². The van der Waals surface area contributed by atoms with Gasteiger partial charge in [0.2, 0.25) is 15.9 Å². The zero-order valence-electron chi connectivity index (χ0n) is 16.5. The molecule has 1 atom stereocenters. The number of carbonyl (C=O) groups is 2. The standard InChI is InChI=1S/C18H27N3O5S/c1-7-18(4,5)20-16(22)10-21(6)27(24,25)15-9-14-13(8-11(15)2)19-17(23)12(3)26-14/h8-9,12H,7,10H2,1-6H3,(H,19,23)(H,20,22)/t12-/m0/s1. The molecule has 0 unspecified atom stereocenters. The molecular weight excluding hydrogens is 370 g/mol. The van der Waals surface area contributed by atoms with Gasteiger partial charge in [-0.25, -0.2) is 8.42 Å². The molecule has 2 rings (SSSR count). The summed E-state index contributed by atoms with van der Waals surface area (Å²) in [7, 11) is -2.55. The molecule has 0 aliphatic carbocycles. The van der Waals surface area contributed by atoms with Gasteiger partial charge >= 0.3 is 0 Å². The highest BCUT2D eigenvalue weighted by Gasteiger charge is 2.30. The summed E-state index contributed by atoms with van der Waals surface area (Å²) >= 11 is 0. The normalized spacial score (nSPS) is 17.1. The number of benzene rings is 1. The van der Waals surface area contributed by atoms with E-state index < -0.39 is 21.7 Å². The lowest BCUT2D eigenvalue weighted by atomic mass is 10.0. The Hall–Kier alpha value is -2.13. The van der Waals surface area contributed by atoms with Crippen LogP contribution < -0.4 is 15.4 Å². The number of rotatable bonds is 6. The number of nitrogens with one attached hydrogen (secondary N) is 2. The van der Waals surface area contributed by atoms with Crippen LogP contribution in [0.4, 0.5) is 5.69 Å². The van der Waals surface area contributed by atoms with Crippen LogP contribution in [0.5, 0.6) is 5.75 Å². The molecule has 1 aliphatic rings. The Morgan fingerprint density at radius 3 is 2.59 bits per heavy atom. The molecule has 0 spiro atoms. The van der Waals surface area contributed by atoms with Crippen molar-refractivity contribution < 1.29 is 22.7 Å². The average Bonchev–Trinajstić information content (AvgIpc) is 2.55. The van der Waals surface area contributed by atoms with Crippen LogP contribution in [0.25, 0.3) is 0 Å². The van der Waals surface area contributed by atoms with Gasteiger partial charge < -0.3 is 15.4 Å². The van der Waals surface area contributed by atoms with Crippen LogP contribution in [0.1, 0.15) is 39.7 Å². The second-order valence-electron chi connectivity index (χ2n) is 7.41.